The van der Waals surface area contributed by atoms with Crippen molar-refractivity contribution in [2.75, 3.05) is 0 Å². The number of nitriles is 1. The van der Waals surface area contributed by atoms with Crippen molar-refractivity contribution in [3.8, 4) is 6.07 Å². The maximum atomic E-state index is 14.6. The van der Waals surface area contributed by atoms with Gasteiger partial charge in [0.15, 0.2) is 11.6 Å². The van der Waals surface area contributed by atoms with Crippen molar-refractivity contribution in [3.05, 3.63) is 41.3 Å². The van der Waals surface area contributed by atoms with Crippen molar-refractivity contribution in [2.45, 2.75) is 106 Å². The summed E-state index contributed by atoms with van der Waals surface area (Å²) in [4.78, 5) is 41.6. The van der Waals surface area contributed by atoms with Gasteiger partial charge in [-0.1, -0.05) is 54.5 Å². The molecular weight excluding hydrogens is 540 g/mol. The number of amides is 1. The van der Waals surface area contributed by atoms with E-state index in [0.29, 0.717) is 25.8 Å². The molecule has 0 aliphatic heterocycles. The lowest BCUT2D eigenvalue weighted by molar-refractivity contribution is -0.242. The molecule has 230 valence electrons. The molecule has 1 heterocycles. The third-order valence-corrected chi connectivity index (χ3v) is 13.8. The van der Waals surface area contributed by atoms with Crippen LogP contribution in [0.25, 0.3) is 0 Å². The first-order chi connectivity index (χ1) is 19.9. The molecule has 3 fully saturated rings. The Bertz CT molecular complexity index is 1520. The number of carbonyl (C=O) groups excluding carboxylic acids is 3. The van der Waals surface area contributed by atoms with Crippen molar-refractivity contribution in [1.29, 1.82) is 5.26 Å². The number of ketones is 2. The molecule has 1 aromatic rings. The predicted octanol–water partition coefficient (Wildman–Crippen LogP) is 5.36. The topological polar surface area (TPSA) is 136 Å². The minimum atomic E-state index is -1.64. The number of hydrogen-bond donors (Lipinski definition) is 3. The van der Waals surface area contributed by atoms with E-state index in [1.807, 2.05) is 32.9 Å². The molecule has 0 aromatic carbocycles. The molecule has 8 unspecified atom stereocenters. The van der Waals surface area contributed by atoms with Crippen molar-refractivity contribution in [3.63, 3.8) is 0 Å². The fourth-order valence-electron chi connectivity index (χ4n) is 10.7. The third kappa shape index (κ3) is 3.64. The fourth-order valence-corrected chi connectivity index (χ4v) is 10.7. The van der Waals surface area contributed by atoms with E-state index in [1.54, 1.807) is 12.3 Å². The number of aliphatic hydroxyl groups is 1. The van der Waals surface area contributed by atoms with Gasteiger partial charge in [0.05, 0.1) is 17.8 Å². The van der Waals surface area contributed by atoms with Crippen LogP contribution in [0, 0.1) is 55.7 Å². The lowest BCUT2D eigenvalue weighted by atomic mass is 9.33. The van der Waals surface area contributed by atoms with Crippen LogP contribution >= 0.6 is 0 Å². The molecule has 8 heteroatoms. The number of aromatic amines is 1. The Balaban J connectivity index is 1.43. The molecule has 0 radical (unpaired) electrons. The zero-order chi connectivity index (χ0) is 31.4. The van der Waals surface area contributed by atoms with Crippen LogP contribution in [-0.2, 0) is 20.9 Å². The Morgan fingerprint density at radius 2 is 1.77 bits per heavy atom. The summed E-state index contributed by atoms with van der Waals surface area (Å²) in [6, 6.07) is 3.98. The molecule has 0 spiro atoms. The number of carbonyl (C=O) groups is 3. The van der Waals surface area contributed by atoms with E-state index in [2.05, 4.69) is 49.3 Å². The molecule has 8 nitrogen and oxygen atoms in total. The number of Topliss-reactive ketones (excluding diaryl/α,β-unsaturated/α-hetero) is 1. The Hall–Kier alpha value is -3.05. The van der Waals surface area contributed by atoms with E-state index >= 15 is 0 Å². The first-order valence-electron chi connectivity index (χ1n) is 15.9. The molecule has 3 saturated carbocycles. The second-order valence-corrected chi connectivity index (χ2v) is 16.2. The minimum Gasteiger partial charge on any atom is -0.381 e. The molecule has 5 aliphatic carbocycles. The van der Waals surface area contributed by atoms with Crippen LogP contribution in [0.3, 0.4) is 0 Å². The van der Waals surface area contributed by atoms with Crippen molar-refractivity contribution >= 4 is 17.5 Å². The average Bonchev–Trinajstić information content (AvgIpc) is 3.48. The SMILES string of the molecule is CC1(C(=O)NCc2ccn[nH]2)CCC2(C)CCC3(C)C4(C)CCC5C(C)(C)C(=O)C(C#N)=CC5(C)C4=CC(=O)C3(O)C2C1. The first kappa shape index (κ1) is 30.0. The highest BCUT2D eigenvalue weighted by molar-refractivity contribution is 6.05. The summed E-state index contributed by atoms with van der Waals surface area (Å²) in [6.45, 7) is 14.8. The van der Waals surface area contributed by atoms with Gasteiger partial charge >= 0.3 is 0 Å². The van der Waals surface area contributed by atoms with E-state index < -0.39 is 38.6 Å². The molecule has 8 atom stereocenters. The summed E-state index contributed by atoms with van der Waals surface area (Å²) in [5.41, 5.74) is -3.45. The van der Waals surface area contributed by atoms with E-state index in [0.717, 1.165) is 37.0 Å². The van der Waals surface area contributed by atoms with Gasteiger partial charge in [0.25, 0.3) is 0 Å². The van der Waals surface area contributed by atoms with E-state index in [9.17, 15) is 24.8 Å². The smallest absolute Gasteiger partial charge is 0.226 e. The average molecular weight is 587 g/mol. The Morgan fingerprint density at radius 3 is 2.42 bits per heavy atom. The molecule has 5 aliphatic rings. The van der Waals surface area contributed by atoms with Gasteiger partial charge in [0, 0.05) is 33.8 Å². The highest BCUT2D eigenvalue weighted by Gasteiger charge is 2.75. The quantitative estimate of drug-likeness (QED) is 0.436. The van der Waals surface area contributed by atoms with Crippen LogP contribution in [0.15, 0.2) is 35.6 Å². The number of nitrogens with zero attached hydrogens (tertiary/aromatic N) is 2. The van der Waals surface area contributed by atoms with Crippen LogP contribution in [-0.4, -0.2) is 38.4 Å². The van der Waals surface area contributed by atoms with Gasteiger partial charge in [-0.3, -0.25) is 19.5 Å². The summed E-state index contributed by atoms with van der Waals surface area (Å²) in [5.74, 6) is -0.937. The van der Waals surface area contributed by atoms with E-state index in [4.69, 9.17) is 0 Å². The van der Waals surface area contributed by atoms with Crippen LogP contribution in [0.4, 0.5) is 0 Å². The molecule has 3 N–H and O–H groups in total. The Labute approximate surface area is 254 Å². The van der Waals surface area contributed by atoms with Crippen LogP contribution in [0.5, 0.6) is 0 Å². The number of fused-ring (bicyclic) bond motifs is 7. The van der Waals surface area contributed by atoms with Gasteiger partial charge in [-0.25, -0.2) is 0 Å². The van der Waals surface area contributed by atoms with Crippen LogP contribution in [0.2, 0.25) is 0 Å². The maximum absolute atomic E-state index is 14.6. The Kier molecular flexibility index (Phi) is 6.28. The van der Waals surface area contributed by atoms with Crippen molar-refractivity contribution in [2.24, 2.45) is 44.3 Å². The number of rotatable bonds is 3. The van der Waals surface area contributed by atoms with Crippen molar-refractivity contribution in [1.82, 2.24) is 15.5 Å². The maximum Gasteiger partial charge on any atom is 0.226 e. The number of aromatic nitrogens is 2. The van der Waals surface area contributed by atoms with Gasteiger partial charge in [-0.15, -0.1) is 0 Å². The van der Waals surface area contributed by atoms with Crippen LogP contribution < -0.4 is 5.32 Å². The zero-order valence-corrected chi connectivity index (χ0v) is 26.7. The summed E-state index contributed by atoms with van der Waals surface area (Å²) in [7, 11) is 0. The van der Waals surface area contributed by atoms with Gasteiger partial charge in [-0.05, 0) is 79.4 Å². The second-order valence-electron chi connectivity index (χ2n) is 16.2. The lowest BCUT2D eigenvalue weighted by Crippen LogP contribution is -2.74. The molecular formula is C35H46N4O4. The summed E-state index contributed by atoms with van der Waals surface area (Å²) < 4.78 is 0. The predicted molar refractivity (Wildman–Crippen MR) is 161 cm³/mol. The summed E-state index contributed by atoms with van der Waals surface area (Å²) >= 11 is 0. The Morgan fingerprint density at radius 1 is 1.07 bits per heavy atom. The first-order valence-corrected chi connectivity index (χ1v) is 15.9. The van der Waals surface area contributed by atoms with Crippen LogP contribution in [0.1, 0.15) is 99.1 Å². The molecule has 1 amide bonds. The summed E-state index contributed by atoms with van der Waals surface area (Å²) in [5, 5.41) is 32.9. The minimum absolute atomic E-state index is 0.0584. The number of allylic oxidation sites excluding steroid dienone is 3. The number of nitrogens with one attached hydrogen (secondary N) is 2. The molecule has 1 aromatic heterocycles. The lowest BCUT2D eigenvalue weighted by Gasteiger charge is -2.71. The highest BCUT2D eigenvalue weighted by Crippen LogP contribution is 2.75. The van der Waals surface area contributed by atoms with Gasteiger partial charge < -0.3 is 10.4 Å². The largest absolute Gasteiger partial charge is 0.381 e. The van der Waals surface area contributed by atoms with Crippen molar-refractivity contribution < 1.29 is 19.5 Å². The van der Waals surface area contributed by atoms with Gasteiger partial charge in [0.2, 0.25) is 5.91 Å². The fraction of sp³-hybridized carbons (Fsp3) is 0.686. The van der Waals surface area contributed by atoms with Gasteiger partial charge in [-0.2, -0.15) is 10.4 Å². The second kappa shape index (κ2) is 9.00. The normalized spacial score (nSPS) is 44.9. The molecule has 43 heavy (non-hydrogen) atoms. The van der Waals surface area contributed by atoms with Gasteiger partial charge in [0.1, 0.15) is 11.7 Å². The zero-order valence-electron chi connectivity index (χ0n) is 26.7. The highest BCUT2D eigenvalue weighted by atomic mass is 16.3. The molecule has 0 bridgehead atoms. The van der Waals surface area contributed by atoms with E-state index in [1.165, 1.54) is 0 Å². The molecule has 0 saturated heterocycles. The number of H-pyrrole nitrogens is 1. The standard InChI is InChI=1S/C35H46N4O4/c1-29(2)23-8-10-33(6)24(32(23,5)17-21(19-36)27(29)41)16-26(40)35(43)25-18-31(4,28(42)37-20-22-9-15-38-39-22)12-11-30(25,3)13-14-34(33,35)7/h9,15-17,23,25,43H,8,10-14,18,20H2,1-7H3,(H,37,42)(H,38,39). The summed E-state index contributed by atoms with van der Waals surface area (Å²) in [6.07, 6.45) is 10.1. The van der Waals surface area contributed by atoms with E-state index in [-0.39, 0.29) is 34.4 Å². The number of hydrogen-bond acceptors (Lipinski definition) is 6. The third-order valence-electron chi connectivity index (χ3n) is 13.8. The molecule has 6 rings (SSSR count). The monoisotopic (exact) mass is 586 g/mol.